The minimum Gasteiger partial charge on any atom is -0.444 e. The van der Waals surface area contributed by atoms with Crippen LogP contribution in [0.15, 0.2) is 41.3 Å². The fraction of sp³-hybridized carbons (Fsp3) is 0.529. The van der Waals surface area contributed by atoms with E-state index >= 15 is 0 Å². The number of fused-ring (bicyclic) bond motifs is 2. The molecule has 3 saturated heterocycles. The summed E-state index contributed by atoms with van der Waals surface area (Å²) in [5.41, 5.74) is 3.93. The molecule has 5 heterocycles. The number of amides is 1. The number of aryl methyl sites for hydroxylation is 1. The van der Waals surface area contributed by atoms with Gasteiger partial charge in [-0.05, 0) is 70.0 Å². The Kier molecular flexibility index (Phi) is 8.46. The molecule has 1 aromatic carbocycles. The lowest BCUT2D eigenvalue weighted by atomic mass is 10.00. The fourth-order valence-electron chi connectivity index (χ4n) is 6.97. The monoisotopic (exact) mass is 612 g/mol. The van der Waals surface area contributed by atoms with Gasteiger partial charge in [-0.25, -0.2) is 9.78 Å². The number of rotatable bonds is 4. The molecular weight excluding hydrogens is 568 g/mol. The van der Waals surface area contributed by atoms with E-state index in [2.05, 4.69) is 50.6 Å². The molecule has 0 radical (unpaired) electrons. The first-order valence-electron chi connectivity index (χ1n) is 16.0. The fourth-order valence-corrected chi connectivity index (χ4v) is 6.97. The Labute approximate surface area is 265 Å². The van der Waals surface area contributed by atoms with Crippen LogP contribution in [0.25, 0.3) is 10.9 Å². The predicted molar refractivity (Wildman–Crippen MR) is 176 cm³/mol. The molecule has 1 N–H and O–H groups in total. The normalized spacial score (nSPS) is 21.5. The van der Waals surface area contributed by atoms with Gasteiger partial charge in [0.1, 0.15) is 17.5 Å². The predicted octanol–water partition coefficient (Wildman–Crippen LogP) is 3.56. The molecule has 6 rings (SSSR count). The van der Waals surface area contributed by atoms with Crippen molar-refractivity contribution in [2.45, 2.75) is 58.8 Å². The van der Waals surface area contributed by atoms with Gasteiger partial charge < -0.3 is 24.4 Å². The molecule has 11 heteroatoms. The molecular formula is C34H44N8O3. The number of anilines is 2. The lowest BCUT2D eigenvalue weighted by Crippen LogP contribution is -2.65. The Hall–Kier alpha value is -4.14. The van der Waals surface area contributed by atoms with Gasteiger partial charge in [0.25, 0.3) is 0 Å². The summed E-state index contributed by atoms with van der Waals surface area (Å²) < 4.78 is 5.54. The minimum absolute atomic E-state index is 0.198. The number of pyridine rings is 2. The molecule has 3 fully saturated rings. The second-order valence-corrected chi connectivity index (χ2v) is 13.7. The summed E-state index contributed by atoms with van der Waals surface area (Å²) >= 11 is 0. The molecule has 1 amide bonds. The smallest absolute Gasteiger partial charge is 0.410 e. The van der Waals surface area contributed by atoms with E-state index in [1.807, 2.05) is 45.2 Å². The van der Waals surface area contributed by atoms with Crippen molar-refractivity contribution < 1.29 is 9.53 Å². The number of nitrogens with zero attached hydrogens (tertiary/aromatic N) is 7. The molecule has 238 valence electrons. The van der Waals surface area contributed by atoms with Crippen LogP contribution in [0.4, 0.5) is 16.3 Å². The van der Waals surface area contributed by atoms with Crippen molar-refractivity contribution in [1.29, 1.82) is 5.26 Å². The quantitative estimate of drug-likeness (QED) is 0.473. The van der Waals surface area contributed by atoms with Gasteiger partial charge in [0.15, 0.2) is 0 Å². The highest BCUT2D eigenvalue weighted by Crippen LogP contribution is 2.32. The van der Waals surface area contributed by atoms with Crippen molar-refractivity contribution in [2.75, 3.05) is 68.7 Å². The van der Waals surface area contributed by atoms with E-state index < -0.39 is 5.60 Å². The highest BCUT2D eigenvalue weighted by Gasteiger charge is 2.37. The van der Waals surface area contributed by atoms with Gasteiger partial charge in [0.2, 0.25) is 5.56 Å². The maximum Gasteiger partial charge on any atom is 0.410 e. The molecule has 3 aromatic rings. The average Bonchev–Trinajstić information content (AvgIpc) is 3.00. The van der Waals surface area contributed by atoms with Gasteiger partial charge >= 0.3 is 6.09 Å². The van der Waals surface area contributed by atoms with Crippen LogP contribution in [0.1, 0.15) is 44.4 Å². The Morgan fingerprint density at radius 2 is 1.82 bits per heavy atom. The zero-order valence-electron chi connectivity index (χ0n) is 27.0. The number of piperazine rings is 3. The summed E-state index contributed by atoms with van der Waals surface area (Å²) in [5, 5.41) is 10.5. The van der Waals surface area contributed by atoms with E-state index in [9.17, 15) is 14.9 Å². The van der Waals surface area contributed by atoms with Crippen LogP contribution in [0.3, 0.4) is 0 Å². The van der Waals surface area contributed by atoms with Crippen LogP contribution in [0.5, 0.6) is 0 Å². The van der Waals surface area contributed by atoms with E-state index in [0.717, 1.165) is 69.2 Å². The van der Waals surface area contributed by atoms with Crippen molar-refractivity contribution in [2.24, 2.45) is 0 Å². The number of hydrogen-bond donors (Lipinski definition) is 1. The van der Waals surface area contributed by atoms with Crippen molar-refractivity contribution in [3.05, 3.63) is 63.6 Å². The third kappa shape index (κ3) is 6.63. The number of carbonyl (C=O) groups excluding carboxylic acids is 1. The number of aromatic nitrogens is 2. The molecule has 3 aliphatic heterocycles. The summed E-state index contributed by atoms with van der Waals surface area (Å²) in [6.45, 7) is 18.5. The molecule has 0 aliphatic carbocycles. The summed E-state index contributed by atoms with van der Waals surface area (Å²) in [6.07, 6.45) is 1.77. The van der Waals surface area contributed by atoms with Crippen LogP contribution < -0.4 is 15.4 Å². The number of benzene rings is 1. The second kappa shape index (κ2) is 12.3. The number of aromatic amines is 1. The van der Waals surface area contributed by atoms with Crippen LogP contribution in [-0.2, 0) is 11.3 Å². The Morgan fingerprint density at radius 1 is 1.04 bits per heavy atom. The standard InChI is InChI=1S/C34H44N8O3/c1-23-16-30(39-11-13-40(14-12-39)33(44)45-34(3,4)5)36-18-26(23)20-38-10-15-42-24(2)19-41(22-27(42)21-38)29-8-6-25(17-35)32-28(29)7-9-31(43)37-32/h6-9,16,18,24,27H,10-15,19-22H2,1-5H3,(H,37,43). The highest BCUT2D eigenvalue weighted by atomic mass is 16.6. The summed E-state index contributed by atoms with van der Waals surface area (Å²) in [4.78, 5) is 43.9. The Bertz CT molecular complexity index is 1670. The number of nitrogens with one attached hydrogen (secondary N) is 1. The molecule has 0 spiro atoms. The molecule has 0 bridgehead atoms. The van der Waals surface area contributed by atoms with Crippen molar-refractivity contribution in [1.82, 2.24) is 24.7 Å². The number of carbonyl (C=O) groups is 1. The van der Waals surface area contributed by atoms with E-state index in [0.29, 0.717) is 36.3 Å². The number of hydrogen-bond acceptors (Lipinski definition) is 9. The van der Waals surface area contributed by atoms with Crippen molar-refractivity contribution in [3.8, 4) is 6.07 Å². The first kappa shape index (κ1) is 30.9. The third-order valence-corrected chi connectivity index (χ3v) is 9.28. The zero-order chi connectivity index (χ0) is 31.9. The SMILES string of the molecule is Cc1cc(N2CCN(C(=O)OC(C)(C)C)CC2)ncc1CN1CCN2C(C)CN(c3ccc(C#N)c4[nH]c(=O)ccc34)CC2C1. The van der Waals surface area contributed by atoms with Gasteiger partial charge in [-0.1, -0.05) is 0 Å². The molecule has 2 unspecified atom stereocenters. The van der Waals surface area contributed by atoms with Crippen molar-refractivity contribution in [3.63, 3.8) is 0 Å². The number of H-pyrrole nitrogens is 1. The summed E-state index contributed by atoms with van der Waals surface area (Å²) in [5.74, 6) is 0.956. The average molecular weight is 613 g/mol. The van der Waals surface area contributed by atoms with Crippen LogP contribution in [0, 0.1) is 18.3 Å². The summed E-state index contributed by atoms with van der Waals surface area (Å²) in [7, 11) is 0. The Morgan fingerprint density at radius 3 is 2.53 bits per heavy atom. The van der Waals surface area contributed by atoms with Crippen LogP contribution in [0.2, 0.25) is 0 Å². The number of nitriles is 1. The van der Waals surface area contributed by atoms with Crippen molar-refractivity contribution >= 4 is 28.5 Å². The molecule has 2 aromatic heterocycles. The van der Waals surface area contributed by atoms with E-state index in [4.69, 9.17) is 9.72 Å². The molecule has 3 aliphatic rings. The Balaban J connectivity index is 1.10. The van der Waals surface area contributed by atoms with E-state index in [-0.39, 0.29) is 11.7 Å². The maximum absolute atomic E-state index is 12.5. The molecule has 0 saturated carbocycles. The topological polar surface area (TPSA) is 112 Å². The first-order valence-corrected chi connectivity index (χ1v) is 16.0. The lowest BCUT2D eigenvalue weighted by Gasteiger charge is -2.51. The third-order valence-electron chi connectivity index (χ3n) is 9.28. The van der Waals surface area contributed by atoms with Gasteiger partial charge in [0, 0.05) is 101 Å². The van der Waals surface area contributed by atoms with Crippen LogP contribution >= 0.6 is 0 Å². The van der Waals surface area contributed by atoms with E-state index in [1.165, 1.54) is 11.1 Å². The largest absolute Gasteiger partial charge is 0.444 e. The van der Waals surface area contributed by atoms with Gasteiger partial charge in [0.05, 0.1) is 11.1 Å². The first-order chi connectivity index (χ1) is 21.5. The minimum atomic E-state index is -0.494. The molecule has 45 heavy (non-hydrogen) atoms. The molecule has 11 nitrogen and oxygen atoms in total. The zero-order valence-corrected chi connectivity index (χ0v) is 27.0. The molecule has 2 atom stereocenters. The second-order valence-electron chi connectivity index (χ2n) is 13.7. The van der Waals surface area contributed by atoms with Gasteiger partial charge in [-0.2, -0.15) is 5.26 Å². The maximum atomic E-state index is 12.5. The van der Waals surface area contributed by atoms with E-state index in [1.54, 1.807) is 11.0 Å². The van der Waals surface area contributed by atoms with Crippen LogP contribution in [-0.4, -0.2) is 107 Å². The summed E-state index contributed by atoms with van der Waals surface area (Å²) in [6, 6.07) is 12.4. The number of ether oxygens (including phenoxy) is 1. The van der Waals surface area contributed by atoms with Gasteiger partial charge in [-0.15, -0.1) is 0 Å². The van der Waals surface area contributed by atoms with Gasteiger partial charge in [-0.3, -0.25) is 14.6 Å². The highest BCUT2D eigenvalue weighted by molar-refractivity contribution is 5.95. The lowest BCUT2D eigenvalue weighted by molar-refractivity contribution is 0.0240.